The molecule has 0 aromatic heterocycles. The number of nitrogens with two attached hydrogens (primary N) is 1. The van der Waals surface area contributed by atoms with Crippen LogP contribution in [0.5, 0.6) is 0 Å². The highest BCUT2D eigenvalue weighted by molar-refractivity contribution is 5.71. The Bertz CT molecular complexity index is 360. The molecule has 94 valence electrons. The van der Waals surface area contributed by atoms with E-state index in [-0.39, 0.29) is 12.0 Å². The monoisotopic (exact) mass is 236 g/mol. The number of anilines is 1. The molecule has 1 rings (SSSR count). The number of nitrogen functional groups attached to an aromatic ring is 1. The number of carbonyl (C=O) groups is 1. The van der Waals surface area contributed by atoms with E-state index in [4.69, 9.17) is 5.73 Å². The fourth-order valence-corrected chi connectivity index (χ4v) is 1.51. The van der Waals surface area contributed by atoms with E-state index in [1.54, 1.807) is 0 Å². The fraction of sp³-hybridized carbons (Fsp3) is 0.462. The van der Waals surface area contributed by atoms with Gasteiger partial charge in [0.05, 0.1) is 13.7 Å². The fourth-order valence-electron chi connectivity index (χ4n) is 1.51. The number of esters is 1. The number of hydrogen-bond donors (Lipinski definition) is 1. The van der Waals surface area contributed by atoms with Gasteiger partial charge in [0.15, 0.2) is 0 Å². The van der Waals surface area contributed by atoms with E-state index in [2.05, 4.69) is 23.5 Å². The average molecular weight is 236 g/mol. The van der Waals surface area contributed by atoms with Crippen molar-refractivity contribution in [2.45, 2.75) is 26.4 Å². The summed E-state index contributed by atoms with van der Waals surface area (Å²) in [4.78, 5) is 13.3. The molecule has 1 aromatic rings. The predicted octanol–water partition coefficient (Wildman–Crippen LogP) is 1.65. The van der Waals surface area contributed by atoms with Crippen molar-refractivity contribution in [2.75, 3.05) is 19.4 Å². The van der Waals surface area contributed by atoms with Crippen LogP contribution in [0.2, 0.25) is 0 Å². The van der Waals surface area contributed by atoms with Crippen LogP contribution < -0.4 is 5.73 Å². The molecule has 4 nitrogen and oxygen atoms in total. The normalized spacial score (nSPS) is 10.9. The molecule has 0 unspecified atom stereocenters. The molecule has 2 N–H and O–H groups in total. The Morgan fingerprint density at radius 3 is 2.41 bits per heavy atom. The molecule has 0 fully saturated rings. The van der Waals surface area contributed by atoms with Crippen LogP contribution in [0.25, 0.3) is 0 Å². The molecule has 0 bridgehead atoms. The molecule has 0 aliphatic carbocycles. The molecular formula is C13H20N2O2. The van der Waals surface area contributed by atoms with Gasteiger partial charge in [0.1, 0.15) is 0 Å². The van der Waals surface area contributed by atoms with Gasteiger partial charge in [0, 0.05) is 18.3 Å². The van der Waals surface area contributed by atoms with Crippen LogP contribution in [-0.2, 0) is 16.1 Å². The average Bonchev–Trinajstić information content (AvgIpc) is 2.30. The minimum absolute atomic E-state index is 0.214. The lowest BCUT2D eigenvalue weighted by molar-refractivity contribution is -0.142. The number of rotatable bonds is 5. The van der Waals surface area contributed by atoms with Gasteiger partial charge in [-0.05, 0) is 31.5 Å². The second-order valence-corrected chi connectivity index (χ2v) is 4.32. The number of methoxy groups -OCH3 is 1. The molecule has 0 aliphatic heterocycles. The molecule has 0 saturated heterocycles. The molecule has 0 amide bonds. The van der Waals surface area contributed by atoms with E-state index >= 15 is 0 Å². The van der Waals surface area contributed by atoms with E-state index in [1.807, 2.05) is 24.3 Å². The maximum atomic E-state index is 11.3. The van der Waals surface area contributed by atoms with Gasteiger partial charge in [0.2, 0.25) is 0 Å². The summed E-state index contributed by atoms with van der Waals surface area (Å²) in [5.41, 5.74) is 7.52. The second kappa shape index (κ2) is 6.25. The van der Waals surface area contributed by atoms with Crippen molar-refractivity contribution in [1.29, 1.82) is 0 Å². The highest BCUT2D eigenvalue weighted by Gasteiger charge is 2.14. The summed E-state index contributed by atoms with van der Waals surface area (Å²) in [7, 11) is 1.41. The third kappa shape index (κ3) is 4.44. The zero-order valence-corrected chi connectivity index (χ0v) is 10.6. The largest absolute Gasteiger partial charge is 0.468 e. The van der Waals surface area contributed by atoms with Crippen LogP contribution in [-0.4, -0.2) is 30.6 Å². The highest BCUT2D eigenvalue weighted by Crippen LogP contribution is 2.10. The number of carbonyl (C=O) groups excluding carboxylic acids is 1. The van der Waals surface area contributed by atoms with Crippen LogP contribution in [0.15, 0.2) is 24.3 Å². The summed E-state index contributed by atoms with van der Waals surface area (Å²) in [5.74, 6) is -0.214. The smallest absolute Gasteiger partial charge is 0.319 e. The molecule has 0 heterocycles. The molecule has 17 heavy (non-hydrogen) atoms. The molecule has 0 atom stereocenters. The topological polar surface area (TPSA) is 55.6 Å². The minimum atomic E-state index is -0.214. The zero-order chi connectivity index (χ0) is 12.8. The summed E-state index contributed by atoms with van der Waals surface area (Å²) in [6.07, 6.45) is 0. The number of hydrogen-bond acceptors (Lipinski definition) is 4. The Balaban J connectivity index is 2.66. The molecule has 1 aromatic carbocycles. The first-order valence-corrected chi connectivity index (χ1v) is 5.68. The lowest BCUT2D eigenvalue weighted by Crippen LogP contribution is -2.35. The van der Waals surface area contributed by atoms with Crippen molar-refractivity contribution in [1.82, 2.24) is 4.90 Å². The summed E-state index contributed by atoms with van der Waals surface area (Å²) in [6.45, 7) is 5.13. The quantitative estimate of drug-likeness (QED) is 0.624. The van der Waals surface area contributed by atoms with Crippen LogP contribution in [0.1, 0.15) is 19.4 Å². The SMILES string of the molecule is COC(=O)CN(Cc1ccc(N)cc1)C(C)C. The van der Waals surface area contributed by atoms with Gasteiger partial charge in [-0.15, -0.1) is 0 Å². The van der Waals surface area contributed by atoms with E-state index < -0.39 is 0 Å². The van der Waals surface area contributed by atoms with Gasteiger partial charge in [-0.2, -0.15) is 0 Å². The van der Waals surface area contributed by atoms with Gasteiger partial charge >= 0.3 is 5.97 Å². The number of benzene rings is 1. The first-order valence-electron chi connectivity index (χ1n) is 5.68. The van der Waals surface area contributed by atoms with Crippen LogP contribution >= 0.6 is 0 Å². The zero-order valence-electron chi connectivity index (χ0n) is 10.6. The summed E-state index contributed by atoms with van der Waals surface area (Å²) >= 11 is 0. The summed E-state index contributed by atoms with van der Waals surface area (Å²) < 4.78 is 4.69. The number of nitrogens with zero attached hydrogens (tertiary/aromatic N) is 1. The van der Waals surface area contributed by atoms with E-state index in [1.165, 1.54) is 7.11 Å². The first kappa shape index (κ1) is 13.5. The standard InChI is InChI=1S/C13H20N2O2/c1-10(2)15(9-13(16)17-3)8-11-4-6-12(14)7-5-11/h4-7,10H,8-9,14H2,1-3H3. The predicted molar refractivity (Wildman–Crippen MR) is 68.4 cm³/mol. The van der Waals surface area contributed by atoms with Crippen molar-refractivity contribution >= 4 is 11.7 Å². The van der Waals surface area contributed by atoms with Gasteiger partial charge in [-0.25, -0.2) is 0 Å². The minimum Gasteiger partial charge on any atom is -0.468 e. The van der Waals surface area contributed by atoms with E-state index in [9.17, 15) is 4.79 Å². The molecular weight excluding hydrogens is 216 g/mol. The van der Waals surface area contributed by atoms with Crippen molar-refractivity contribution < 1.29 is 9.53 Å². The van der Waals surface area contributed by atoms with Crippen molar-refractivity contribution in [3.8, 4) is 0 Å². The van der Waals surface area contributed by atoms with Crippen molar-refractivity contribution in [3.05, 3.63) is 29.8 Å². The summed E-state index contributed by atoms with van der Waals surface area (Å²) in [6, 6.07) is 7.97. The molecule has 4 heteroatoms. The lowest BCUT2D eigenvalue weighted by atomic mass is 10.1. The lowest BCUT2D eigenvalue weighted by Gasteiger charge is -2.25. The third-order valence-electron chi connectivity index (χ3n) is 2.66. The molecule has 0 spiro atoms. The Morgan fingerprint density at radius 2 is 1.94 bits per heavy atom. The third-order valence-corrected chi connectivity index (χ3v) is 2.66. The maximum absolute atomic E-state index is 11.3. The second-order valence-electron chi connectivity index (χ2n) is 4.32. The Labute approximate surface area is 102 Å². The molecule has 0 aliphatic rings. The maximum Gasteiger partial charge on any atom is 0.319 e. The van der Waals surface area contributed by atoms with Crippen LogP contribution in [0.4, 0.5) is 5.69 Å². The van der Waals surface area contributed by atoms with Crippen LogP contribution in [0.3, 0.4) is 0 Å². The van der Waals surface area contributed by atoms with E-state index in [0.717, 1.165) is 11.3 Å². The Morgan fingerprint density at radius 1 is 1.35 bits per heavy atom. The van der Waals surface area contributed by atoms with Crippen molar-refractivity contribution in [3.63, 3.8) is 0 Å². The van der Waals surface area contributed by atoms with Gasteiger partial charge < -0.3 is 10.5 Å². The van der Waals surface area contributed by atoms with E-state index in [0.29, 0.717) is 13.1 Å². The Kier molecular flexibility index (Phi) is 4.97. The first-order chi connectivity index (χ1) is 8.02. The summed E-state index contributed by atoms with van der Waals surface area (Å²) in [5, 5.41) is 0. The van der Waals surface area contributed by atoms with Crippen LogP contribution in [0, 0.1) is 0 Å². The van der Waals surface area contributed by atoms with Gasteiger partial charge in [-0.1, -0.05) is 12.1 Å². The Hall–Kier alpha value is -1.55. The molecule has 0 saturated carbocycles. The molecule has 0 radical (unpaired) electrons. The van der Waals surface area contributed by atoms with Gasteiger partial charge in [-0.3, -0.25) is 9.69 Å². The van der Waals surface area contributed by atoms with Gasteiger partial charge in [0.25, 0.3) is 0 Å². The highest BCUT2D eigenvalue weighted by atomic mass is 16.5. The van der Waals surface area contributed by atoms with Crippen molar-refractivity contribution in [2.24, 2.45) is 0 Å². The number of ether oxygens (including phenoxy) is 1.